The number of fused-ring (bicyclic) bond motifs is 1. The third-order valence-corrected chi connectivity index (χ3v) is 6.19. The Morgan fingerprint density at radius 1 is 1.17 bits per heavy atom. The number of hydrogen-bond donors (Lipinski definition) is 1. The van der Waals surface area contributed by atoms with E-state index in [1.54, 1.807) is 37.1 Å². The van der Waals surface area contributed by atoms with Gasteiger partial charge in [0.25, 0.3) is 5.91 Å². The van der Waals surface area contributed by atoms with Gasteiger partial charge in [0.15, 0.2) is 0 Å². The summed E-state index contributed by atoms with van der Waals surface area (Å²) in [7, 11) is 1.63. The lowest BCUT2D eigenvalue weighted by atomic mass is 10.0. The lowest BCUT2D eigenvalue weighted by molar-refractivity contribution is 0.102. The highest BCUT2D eigenvalue weighted by Crippen LogP contribution is 2.39. The quantitative estimate of drug-likeness (QED) is 0.455. The number of aryl methyl sites for hydroxylation is 1. The number of aromatic nitrogens is 1. The van der Waals surface area contributed by atoms with Crippen molar-refractivity contribution in [1.82, 2.24) is 4.98 Å². The number of ether oxygens (including phenoxy) is 1. The van der Waals surface area contributed by atoms with Crippen molar-refractivity contribution >= 4 is 34.1 Å². The molecule has 2 aromatic heterocycles. The molecule has 0 saturated carbocycles. The molecule has 4 rings (SSSR count). The van der Waals surface area contributed by atoms with Gasteiger partial charge in [0, 0.05) is 34.7 Å². The number of nitrogens with zero attached hydrogens (tertiary/aromatic N) is 2. The Labute approximate surface area is 174 Å². The summed E-state index contributed by atoms with van der Waals surface area (Å²) in [5.74, 6) is 0.655. The van der Waals surface area contributed by atoms with E-state index in [1.165, 1.54) is 17.7 Å². The highest BCUT2D eigenvalue weighted by atomic mass is 32.1. The molecule has 0 aliphatic heterocycles. The van der Waals surface area contributed by atoms with E-state index < -0.39 is 0 Å². The molecule has 3 aromatic rings. The maximum absolute atomic E-state index is 13.2. The minimum absolute atomic E-state index is 0.104. The summed E-state index contributed by atoms with van der Waals surface area (Å²) < 4.78 is 5.19. The molecule has 0 spiro atoms. The number of aliphatic imine (C=N–C) groups is 1. The Hall–Kier alpha value is -2.99. The van der Waals surface area contributed by atoms with Crippen LogP contribution in [0.25, 0.3) is 0 Å². The van der Waals surface area contributed by atoms with E-state index in [9.17, 15) is 4.79 Å². The number of methoxy groups -OCH3 is 1. The number of anilines is 1. The van der Waals surface area contributed by atoms with Gasteiger partial charge in [-0.25, -0.2) is 4.99 Å². The van der Waals surface area contributed by atoms with Crippen LogP contribution in [0.1, 0.15) is 45.6 Å². The van der Waals surface area contributed by atoms with Crippen LogP contribution in [0.3, 0.4) is 0 Å². The molecule has 5 nitrogen and oxygen atoms in total. The SMILES string of the molecule is COc1ccc(NC(=O)c2c(N=Cc3cccnc3)sc3c2CCCCC3)cc1. The van der Waals surface area contributed by atoms with Crippen molar-refractivity contribution < 1.29 is 9.53 Å². The third-order valence-electron chi connectivity index (χ3n) is 4.99. The summed E-state index contributed by atoms with van der Waals surface area (Å²) in [6, 6.07) is 11.2. The van der Waals surface area contributed by atoms with Crippen LogP contribution >= 0.6 is 11.3 Å². The molecule has 1 amide bonds. The van der Waals surface area contributed by atoms with Gasteiger partial charge < -0.3 is 10.1 Å². The van der Waals surface area contributed by atoms with Crippen LogP contribution in [0.4, 0.5) is 10.7 Å². The van der Waals surface area contributed by atoms with Crippen molar-refractivity contribution in [3.05, 3.63) is 70.4 Å². The van der Waals surface area contributed by atoms with Crippen molar-refractivity contribution in [2.75, 3.05) is 12.4 Å². The number of hydrogen-bond acceptors (Lipinski definition) is 5. The first-order valence-electron chi connectivity index (χ1n) is 9.78. The highest BCUT2D eigenvalue weighted by molar-refractivity contribution is 7.16. The number of rotatable bonds is 5. The number of pyridine rings is 1. The zero-order valence-corrected chi connectivity index (χ0v) is 17.2. The Kier molecular flexibility index (Phi) is 6.00. The van der Waals surface area contributed by atoms with Crippen LogP contribution in [0, 0.1) is 0 Å². The summed E-state index contributed by atoms with van der Waals surface area (Å²) in [6.45, 7) is 0. The normalized spacial score (nSPS) is 13.7. The van der Waals surface area contributed by atoms with Crippen LogP contribution < -0.4 is 10.1 Å². The first-order valence-corrected chi connectivity index (χ1v) is 10.6. The summed E-state index contributed by atoms with van der Waals surface area (Å²) in [6.07, 6.45) is 10.7. The van der Waals surface area contributed by atoms with Crippen LogP contribution in [0.15, 0.2) is 53.8 Å². The second-order valence-corrected chi connectivity index (χ2v) is 8.06. The van der Waals surface area contributed by atoms with E-state index in [0.29, 0.717) is 5.56 Å². The molecule has 0 atom stereocenters. The largest absolute Gasteiger partial charge is 0.497 e. The average Bonchev–Trinajstić information content (AvgIpc) is 2.95. The van der Waals surface area contributed by atoms with Gasteiger partial charge in [-0.15, -0.1) is 11.3 Å². The number of carbonyl (C=O) groups excluding carboxylic acids is 1. The fourth-order valence-electron chi connectivity index (χ4n) is 3.51. The summed E-state index contributed by atoms with van der Waals surface area (Å²) >= 11 is 1.64. The third kappa shape index (κ3) is 4.54. The first kappa shape index (κ1) is 19.3. The molecular formula is C23H23N3O2S. The predicted molar refractivity (Wildman–Crippen MR) is 118 cm³/mol. The second kappa shape index (κ2) is 9.01. The zero-order valence-electron chi connectivity index (χ0n) is 16.4. The Morgan fingerprint density at radius 3 is 2.76 bits per heavy atom. The van der Waals surface area contributed by atoms with Crippen molar-refractivity contribution in [3.63, 3.8) is 0 Å². The number of carbonyl (C=O) groups is 1. The summed E-state index contributed by atoms with van der Waals surface area (Å²) in [5, 5.41) is 3.80. The van der Waals surface area contributed by atoms with Gasteiger partial charge in [-0.1, -0.05) is 12.5 Å². The standard InChI is InChI=1S/C23H23N3O2S/c1-28-18-11-9-17(10-12-18)26-22(27)21-19-7-3-2-4-8-20(19)29-23(21)25-15-16-6-5-13-24-14-16/h5-6,9-15H,2-4,7-8H2,1H3,(H,26,27). The molecule has 6 heteroatoms. The average molecular weight is 406 g/mol. The van der Waals surface area contributed by atoms with E-state index in [4.69, 9.17) is 4.74 Å². The number of nitrogens with one attached hydrogen (secondary N) is 1. The molecule has 0 unspecified atom stereocenters. The van der Waals surface area contributed by atoms with Gasteiger partial charge in [-0.05, 0) is 61.6 Å². The van der Waals surface area contributed by atoms with Gasteiger partial charge in [0.2, 0.25) is 0 Å². The highest BCUT2D eigenvalue weighted by Gasteiger charge is 2.24. The van der Waals surface area contributed by atoms with Gasteiger partial charge in [0.05, 0.1) is 12.7 Å². The van der Waals surface area contributed by atoms with E-state index >= 15 is 0 Å². The maximum Gasteiger partial charge on any atom is 0.259 e. The molecule has 1 aliphatic carbocycles. The Bertz CT molecular complexity index is 1010. The fraction of sp³-hybridized carbons (Fsp3) is 0.261. The lowest BCUT2D eigenvalue weighted by Gasteiger charge is -2.08. The minimum atomic E-state index is -0.104. The van der Waals surface area contributed by atoms with Crippen LogP contribution in [-0.4, -0.2) is 24.2 Å². The van der Waals surface area contributed by atoms with E-state index in [2.05, 4.69) is 15.3 Å². The van der Waals surface area contributed by atoms with E-state index in [0.717, 1.165) is 46.8 Å². The van der Waals surface area contributed by atoms with Crippen molar-refractivity contribution in [1.29, 1.82) is 0 Å². The zero-order chi connectivity index (χ0) is 20.1. The maximum atomic E-state index is 13.2. The number of amides is 1. The first-order chi connectivity index (χ1) is 14.2. The molecule has 0 saturated heterocycles. The van der Waals surface area contributed by atoms with E-state index in [1.807, 2.05) is 36.4 Å². The van der Waals surface area contributed by atoms with Crippen LogP contribution in [0.5, 0.6) is 5.75 Å². The summed E-state index contributed by atoms with van der Waals surface area (Å²) in [5.41, 5.74) is 3.53. The molecule has 0 bridgehead atoms. The van der Waals surface area contributed by atoms with Gasteiger partial charge >= 0.3 is 0 Å². The fourth-order valence-corrected chi connectivity index (χ4v) is 4.74. The van der Waals surface area contributed by atoms with Crippen LogP contribution in [-0.2, 0) is 12.8 Å². The molecule has 0 fully saturated rings. The molecule has 148 valence electrons. The Balaban J connectivity index is 1.66. The molecule has 1 aromatic carbocycles. The molecular weight excluding hydrogens is 382 g/mol. The molecule has 1 aliphatic rings. The smallest absolute Gasteiger partial charge is 0.259 e. The van der Waals surface area contributed by atoms with E-state index in [-0.39, 0.29) is 5.91 Å². The monoisotopic (exact) mass is 405 g/mol. The predicted octanol–water partition coefficient (Wildman–Crippen LogP) is 5.42. The lowest BCUT2D eigenvalue weighted by Crippen LogP contribution is -2.13. The summed E-state index contributed by atoms with van der Waals surface area (Å²) in [4.78, 5) is 23.3. The van der Waals surface area contributed by atoms with Crippen LogP contribution in [0.2, 0.25) is 0 Å². The van der Waals surface area contributed by atoms with Gasteiger partial charge in [0.1, 0.15) is 10.8 Å². The number of benzene rings is 1. The van der Waals surface area contributed by atoms with Crippen molar-refractivity contribution in [3.8, 4) is 5.75 Å². The van der Waals surface area contributed by atoms with Gasteiger partial charge in [-0.2, -0.15) is 0 Å². The minimum Gasteiger partial charge on any atom is -0.497 e. The molecule has 1 N–H and O–H groups in total. The topological polar surface area (TPSA) is 63.6 Å². The molecule has 0 radical (unpaired) electrons. The van der Waals surface area contributed by atoms with Gasteiger partial charge in [-0.3, -0.25) is 9.78 Å². The molecule has 29 heavy (non-hydrogen) atoms. The van der Waals surface area contributed by atoms with Crippen molar-refractivity contribution in [2.24, 2.45) is 4.99 Å². The molecule has 2 heterocycles. The number of thiophene rings is 1. The second-order valence-electron chi connectivity index (χ2n) is 6.97. The van der Waals surface area contributed by atoms with Crippen molar-refractivity contribution in [2.45, 2.75) is 32.1 Å². The Morgan fingerprint density at radius 2 is 2.00 bits per heavy atom.